The molecule has 0 aromatic rings. The van der Waals surface area contributed by atoms with E-state index < -0.39 is 0 Å². The SMILES string of the molecule is CC(=O)CC(=O)C(C)(C)C.CCCCC(=O)CC(C)=O. The normalized spacial score (nSPS) is 10.3. The molecule has 20 heavy (non-hydrogen) atoms. The molecule has 0 aliphatic carbocycles. The van der Waals surface area contributed by atoms with E-state index in [9.17, 15) is 19.2 Å². The molecule has 0 aliphatic rings. The van der Waals surface area contributed by atoms with Crippen molar-refractivity contribution in [3.05, 3.63) is 0 Å². The number of carbonyl (C=O) groups excluding carboxylic acids is 4. The van der Waals surface area contributed by atoms with Crippen molar-refractivity contribution in [1.82, 2.24) is 0 Å². The van der Waals surface area contributed by atoms with Gasteiger partial charge in [-0.2, -0.15) is 0 Å². The summed E-state index contributed by atoms with van der Waals surface area (Å²) in [5, 5.41) is 0. The summed E-state index contributed by atoms with van der Waals surface area (Å²) in [7, 11) is 0. The summed E-state index contributed by atoms with van der Waals surface area (Å²) < 4.78 is 0. The Morgan fingerprint density at radius 3 is 1.55 bits per heavy atom. The van der Waals surface area contributed by atoms with E-state index in [1.807, 2.05) is 27.7 Å². The van der Waals surface area contributed by atoms with E-state index >= 15 is 0 Å². The second-order valence-corrected chi connectivity index (χ2v) is 6.07. The van der Waals surface area contributed by atoms with Crippen LogP contribution in [0, 0.1) is 5.41 Å². The lowest BCUT2D eigenvalue weighted by Crippen LogP contribution is -2.21. The van der Waals surface area contributed by atoms with Gasteiger partial charge in [-0.25, -0.2) is 0 Å². The van der Waals surface area contributed by atoms with E-state index in [4.69, 9.17) is 0 Å². The van der Waals surface area contributed by atoms with Crippen LogP contribution in [0.1, 0.15) is 73.6 Å². The van der Waals surface area contributed by atoms with Gasteiger partial charge in [-0.05, 0) is 20.3 Å². The van der Waals surface area contributed by atoms with Crippen molar-refractivity contribution in [1.29, 1.82) is 0 Å². The van der Waals surface area contributed by atoms with Crippen LogP contribution in [0.4, 0.5) is 0 Å². The highest BCUT2D eigenvalue weighted by molar-refractivity contribution is 6.00. The van der Waals surface area contributed by atoms with E-state index in [1.54, 1.807) is 0 Å². The average molecular weight is 284 g/mol. The minimum atomic E-state index is -0.369. The second-order valence-electron chi connectivity index (χ2n) is 6.07. The molecular formula is C16H28O4. The molecule has 0 aliphatic heterocycles. The summed E-state index contributed by atoms with van der Waals surface area (Å²) in [5.41, 5.74) is -0.369. The van der Waals surface area contributed by atoms with Crippen molar-refractivity contribution in [2.75, 3.05) is 0 Å². The Bertz CT molecular complexity index is 348. The first-order valence-corrected chi connectivity index (χ1v) is 7.04. The zero-order valence-electron chi connectivity index (χ0n) is 13.7. The zero-order valence-corrected chi connectivity index (χ0v) is 13.7. The van der Waals surface area contributed by atoms with E-state index in [0.29, 0.717) is 6.42 Å². The van der Waals surface area contributed by atoms with Gasteiger partial charge in [-0.1, -0.05) is 34.1 Å². The fourth-order valence-electron chi connectivity index (χ4n) is 1.23. The Hall–Kier alpha value is -1.32. The Morgan fingerprint density at radius 1 is 0.850 bits per heavy atom. The van der Waals surface area contributed by atoms with Gasteiger partial charge in [0.25, 0.3) is 0 Å². The molecule has 0 fully saturated rings. The average Bonchev–Trinajstić information content (AvgIpc) is 2.24. The summed E-state index contributed by atoms with van der Waals surface area (Å²) in [5.74, 6) is 0.00961. The van der Waals surface area contributed by atoms with Gasteiger partial charge in [-0.3, -0.25) is 19.2 Å². The lowest BCUT2D eigenvalue weighted by Gasteiger charge is -2.14. The molecular weight excluding hydrogens is 256 g/mol. The maximum atomic E-state index is 11.1. The quantitative estimate of drug-likeness (QED) is 0.673. The standard InChI is InChI=1S/2C8H14O2/c1-6(9)5-7(10)8(2,3)4;1-3-4-5-8(10)6-7(2)9/h5H2,1-4H3;3-6H2,1-2H3. The molecule has 0 spiro atoms. The molecule has 4 heteroatoms. The number of rotatable bonds is 7. The van der Waals surface area contributed by atoms with Crippen LogP contribution in [0.5, 0.6) is 0 Å². The molecule has 0 saturated carbocycles. The zero-order chi connectivity index (χ0) is 16.3. The molecule has 0 aromatic carbocycles. The lowest BCUT2D eigenvalue weighted by molar-refractivity contribution is -0.131. The third-order valence-electron chi connectivity index (χ3n) is 2.50. The van der Waals surface area contributed by atoms with Crippen molar-refractivity contribution in [2.45, 2.75) is 73.6 Å². The van der Waals surface area contributed by atoms with Crippen LogP contribution < -0.4 is 0 Å². The molecule has 0 unspecified atom stereocenters. The van der Waals surface area contributed by atoms with Gasteiger partial charge in [0.05, 0.1) is 12.8 Å². The van der Waals surface area contributed by atoms with Gasteiger partial charge in [-0.15, -0.1) is 0 Å². The molecule has 0 heterocycles. The molecule has 0 aromatic heterocycles. The minimum absolute atomic E-state index is 0.0139. The van der Waals surface area contributed by atoms with E-state index in [-0.39, 0.29) is 41.4 Å². The van der Waals surface area contributed by atoms with Gasteiger partial charge < -0.3 is 0 Å². The van der Waals surface area contributed by atoms with Gasteiger partial charge in [0, 0.05) is 11.8 Å². The summed E-state index contributed by atoms with van der Waals surface area (Å²) >= 11 is 0. The number of Topliss-reactive ketones (excluding diaryl/α,β-unsaturated/α-hetero) is 4. The van der Waals surface area contributed by atoms with Crippen LogP contribution in [0.15, 0.2) is 0 Å². The number of hydrogen-bond donors (Lipinski definition) is 0. The Labute approximate surface area is 122 Å². The van der Waals surface area contributed by atoms with Gasteiger partial charge in [0.15, 0.2) is 0 Å². The summed E-state index contributed by atoms with van der Waals surface area (Å²) in [4.78, 5) is 42.7. The first kappa shape index (κ1) is 21.0. The maximum Gasteiger partial charge on any atom is 0.145 e. The van der Waals surface area contributed by atoms with Crippen molar-refractivity contribution in [3.8, 4) is 0 Å². The van der Waals surface area contributed by atoms with Gasteiger partial charge in [0.1, 0.15) is 23.1 Å². The number of unbranched alkanes of at least 4 members (excludes halogenated alkanes) is 1. The summed E-state index contributed by atoms with van der Waals surface area (Å²) in [6.45, 7) is 10.4. The van der Waals surface area contributed by atoms with E-state index in [1.165, 1.54) is 13.8 Å². The third-order valence-corrected chi connectivity index (χ3v) is 2.50. The predicted molar refractivity (Wildman–Crippen MR) is 79.6 cm³/mol. The fraction of sp³-hybridized carbons (Fsp3) is 0.750. The van der Waals surface area contributed by atoms with E-state index in [2.05, 4.69) is 0 Å². The summed E-state index contributed by atoms with van der Waals surface area (Å²) in [6, 6.07) is 0. The van der Waals surface area contributed by atoms with Crippen LogP contribution >= 0.6 is 0 Å². The number of ketones is 4. The maximum absolute atomic E-state index is 11.1. The molecule has 0 bridgehead atoms. The molecule has 4 nitrogen and oxygen atoms in total. The van der Waals surface area contributed by atoms with Crippen LogP contribution in [0.2, 0.25) is 0 Å². The van der Waals surface area contributed by atoms with Crippen LogP contribution in [0.25, 0.3) is 0 Å². The van der Waals surface area contributed by atoms with Crippen LogP contribution in [-0.2, 0) is 19.2 Å². The van der Waals surface area contributed by atoms with Gasteiger partial charge >= 0.3 is 0 Å². The molecule has 116 valence electrons. The Kier molecular flexibility index (Phi) is 11.0. The largest absolute Gasteiger partial charge is 0.300 e. The van der Waals surface area contributed by atoms with Crippen LogP contribution in [0.3, 0.4) is 0 Å². The molecule has 0 saturated heterocycles. The van der Waals surface area contributed by atoms with Crippen molar-refractivity contribution < 1.29 is 19.2 Å². The number of hydrogen-bond acceptors (Lipinski definition) is 4. The molecule has 0 amide bonds. The smallest absolute Gasteiger partial charge is 0.145 e. The number of carbonyl (C=O) groups is 4. The predicted octanol–water partition coefficient (Wildman–Crippen LogP) is 3.31. The minimum Gasteiger partial charge on any atom is -0.300 e. The third kappa shape index (κ3) is 14.7. The highest BCUT2D eigenvalue weighted by atomic mass is 16.2. The highest BCUT2D eigenvalue weighted by Gasteiger charge is 2.21. The molecule has 0 atom stereocenters. The van der Waals surface area contributed by atoms with Crippen molar-refractivity contribution in [2.24, 2.45) is 5.41 Å². The van der Waals surface area contributed by atoms with Crippen LogP contribution in [-0.4, -0.2) is 23.1 Å². The Balaban J connectivity index is 0. The second kappa shape index (κ2) is 10.5. The Morgan fingerprint density at radius 2 is 1.30 bits per heavy atom. The lowest BCUT2D eigenvalue weighted by atomic mass is 9.88. The first-order valence-electron chi connectivity index (χ1n) is 7.04. The monoisotopic (exact) mass is 284 g/mol. The molecule has 0 rings (SSSR count). The first-order chi connectivity index (χ1) is 9.00. The topological polar surface area (TPSA) is 68.3 Å². The molecule has 0 N–H and O–H groups in total. The van der Waals surface area contributed by atoms with Crippen molar-refractivity contribution in [3.63, 3.8) is 0 Å². The highest BCUT2D eigenvalue weighted by Crippen LogP contribution is 2.16. The molecule has 0 radical (unpaired) electrons. The van der Waals surface area contributed by atoms with Gasteiger partial charge in [0.2, 0.25) is 0 Å². The van der Waals surface area contributed by atoms with E-state index in [0.717, 1.165) is 12.8 Å². The van der Waals surface area contributed by atoms with Crippen molar-refractivity contribution >= 4 is 23.1 Å². The summed E-state index contributed by atoms with van der Waals surface area (Å²) in [6.07, 6.45) is 2.69. The fourth-order valence-corrected chi connectivity index (χ4v) is 1.23.